The normalized spacial score (nSPS) is 9.85. The van der Waals surface area contributed by atoms with Gasteiger partial charge < -0.3 is 5.73 Å². The zero-order valence-electron chi connectivity index (χ0n) is 7.23. The first-order valence-corrected chi connectivity index (χ1v) is 5.00. The van der Waals surface area contributed by atoms with Gasteiger partial charge in [0, 0.05) is 24.6 Å². The van der Waals surface area contributed by atoms with E-state index in [2.05, 4.69) is 9.97 Å². The lowest BCUT2D eigenvalue weighted by Crippen LogP contribution is -2.08. The van der Waals surface area contributed by atoms with Gasteiger partial charge in [-0.25, -0.2) is 9.97 Å². The molecule has 0 spiro atoms. The summed E-state index contributed by atoms with van der Waals surface area (Å²) in [5, 5.41) is 7.80. The summed E-state index contributed by atoms with van der Waals surface area (Å²) in [6.07, 6.45) is 5.00. The molecule has 0 unspecified atom stereocenters. The lowest BCUT2D eigenvalue weighted by Gasteiger charge is -1.98. The molecular formula is C8H12N4S. The Balaban J connectivity index is 2.17. The summed E-state index contributed by atoms with van der Waals surface area (Å²) in [5.41, 5.74) is 5.21. The predicted octanol–water partition coefficient (Wildman–Crippen LogP) is 1.28. The number of thioether (sulfide) groups is 1. The van der Waals surface area contributed by atoms with Crippen molar-refractivity contribution in [3.8, 4) is 0 Å². The van der Waals surface area contributed by atoms with Gasteiger partial charge in [0.15, 0.2) is 5.16 Å². The first-order valence-electron chi connectivity index (χ1n) is 4.02. The van der Waals surface area contributed by atoms with Crippen LogP contribution in [0.3, 0.4) is 0 Å². The van der Waals surface area contributed by atoms with Gasteiger partial charge in [-0.1, -0.05) is 11.8 Å². The molecular weight excluding hydrogens is 184 g/mol. The van der Waals surface area contributed by atoms with Gasteiger partial charge in [-0.3, -0.25) is 5.41 Å². The van der Waals surface area contributed by atoms with Crippen molar-refractivity contribution >= 4 is 17.6 Å². The van der Waals surface area contributed by atoms with Crippen LogP contribution in [0.5, 0.6) is 0 Å². The van der Waals surface area contributed by atoms with Gasteiger partial charge in [0.25, 0.3) is 0 Å². The van der Waals surface area contributed by atoms with Gasteiger partial charge in [-0.15, -0.1) is 0 Å². The van der Waals surface area contributed by atoms with E-state index in [4.69, 9.17) is 11.1 Å². The predicted molar refractivity (Wildman–Crippen MR) is 53.9 cm³/mol. The number of aromatic nitrogens is 2. The average molecular weight is 196 g/mol. The standard InChI is InChI=1S/C8H12N4S/c9-7(10)3-1-6-13-8-11-4-2-5-12-8/h2,4-5H,1,3,6H2,(H3,9,10). The molecule has 13 heavy (non-hydrogen) atoms. The molecule has 0 aliphatic rings. The van der Waals surface area contributed by atoms with Crippen LogP contribution in [0.15, 0.2) is 23.6 Å². The highest BCUT2D eigenvalue weighted by Gasteiger charge is 1.95. The highest BCUT2D eigenvalue weighted by molar-refractivity contribution is 7.99. The number of hydrogen-bond acceptors (Lipinski definition) is 4. The second-order valence-electron chi connectivity index (χ2n) is 2.51. The number of amidine groups is 1. The third-order valence-electron chi connectivity index (χ3n) is 1.36. The second-order valence-corrected chi connectivity index (χ2v) is 3.57. The van der Waals surface area contributed by atoms with Gasteiger partial charge in [-0.2, -0.15) is 0 Å². The van der Waals surface area contributed by atoms with Crippen molar-refractivity contribution in [2.75, 3.05) is 5.75 Å². The quantitative estimate of drug-likeness (QED) is 0.244. The molecule has 3 N–H and O–H groups in total. The monoisotopic (exact) mass is 196 g/mol. The molecule has 4 nitrogen and oxygen atoms in total. The number of nitrogens with one attached hydrogen (secondary N) is 1. The van der Waals surface area contributed by atoms with Gasteiger partial charge >= 0.3 is 0 Å². The van der Waals surface area contributed by atoms with Gasteiger partial charge in [0.2, 0.25) is 0 Å². The van der Waals surface area contributed by atoms with Gasteiger partial charge in [-0.05, 0) is 12.5 Å². The third kappa shape index (κ3) is 4.47. The molecule has 0 aromatic carbocycles. The van der Waals surface area contributed by atoms with Crippen molar-refractivity contribution in [1.29, 1.82) is 5.41 Å². The summed E-state index contributed by atoms with van der Waals surface area (Å²) in [6.45, 7) is 0. The molecule has 70 valence electrons. The lowest BCUT2D eigenvalue weighted by molar-refractivity contribution is 0.947. The Bertz CT molecular complexity index is 262. The van der Waals surface area contributed by atoms with Crippen LogP contribution in [0.4, 0.5) is 0 Å². The minimum atomic E-state index is 0.245. The maximum absolute atomic E-state index is 7.01. The molecule has 1 aromatic heterocycles. The fourth-order valence-corrected chi connectivity index (χ4v) is 1.53. The Hall–Kier alpha value is -1.10. The van der Waals surface area contributed by atoms with Crippen LogP contribution in [-0.2, 0) is 0 Å². The van der Waals surface area contributed by atoms with Crippen LogP contribution in [0.1, 0.15) is 12.8 Å². The van der Waals surface area contributed by atoms with E-state index < -0.39 is 0 Å². The molecule has 0 amide bonds. The van der Waals surface area contributed by atoms with E-state index in [0.29, 0.717) is 6.42 Å². The summed E-state index contributed by atoms with van der Waals surface area (Å²) in [4.78, 5) is 8.12. The Morgan fingerprint density at radius 1 is 1.46 bits per heavy atom. The summed E-state index contributed by atoms with van der Waals surface area (Å²) >= 11 is 1.59. The Kier molecular flexibility index (Phi) is 4.25. The first kappa shape index (κ1) is 9.98. The molecule has 0 bridgehead atoms. The lowest BCUT2D eigenvalue weighted by atomic mass is 10.3. The smallest absolute Gasteiger partial charge is 0.187 e. The van der Waals surface area contributed by atoms with Gasteiger partial charge in [0.1, 0.15) is 0 Å². The highest BCUT2D eigenvalue weighted by Crippen LogP contribution is 2.12. The Morgan fingerprint density at radius 3 is 2.77 bits per heavy atom. The molecule has 0 atom stereocenters. The molecule has 1 aromatic rings. The van der Waals surface area contributed by atoms with Crippen molar-refractivity contribution in [3.63, 3.8) is 0 Å². The summed E-state index contributed by atoms with van der Waals surface area (Å²) in [5.74, 6) is 1.15. The van der Waals surface area contributed by atoms with E-state index in [-0.39, 0.29) is 5.84 Å². The van der Waals surface area contributed by atoms with Crippen molar-refractivity contribution in [1.82, 2.24) is 9.97 Å². The SMILES string of the molecule is N=C(N)CCCSc1ncccn1. The molecule has 0 saturated carbocycles. The average Bonchev–Trinajstić information content (AvgIpc) is 2.14. The number of hydrogen-bond donors (Lipinski definition) is 2. The number of rotatable bonds is 5. The summed E-state index contributed by atoms with van der Waals surface area (Å²) in [6, 6.07) is 1.79. The molecule has 0 radical (unpaired) electrons. The van der Waals surface area contributed by atoms with Crippen LogP contribution in [0.2, 0.25) is 0 Å². The van der Waals surface area contributed by atoms with E-state index >= 15 is 0 Å². The Labute approximate surface area is 81.5 Å². The van der Waals surface area contributed by atoms with Crippen molar-refractivity contribution in [2.24, 2.45) is 5.73 Å². The van der Waals surface area contributed by atoms with Crippen molar-refractivity contribution in [2.45, 2.75) is 18.0 Å². The second kappa shape index (κ2) is 5.53. The minimum absolute atomic E-state index is 0.245. The Morgan fingerprint density at radius 2 is 2.15 bits per heavy atom. The fraction of sp³-hybridized carbons (Fsp3) is 0.375. The topological polar surface area (TPSA) is 75.7 Å². The largest absolute Gasteiger partial charge is 0.388 e. The number of nitrogens with zero attached hydrogens (tertiary/aromatic N) is 2. The van der Waals surface area contributed by atoms with Crippen LogP contribution < -0.4 is 5.73 Å². The maximum atomic E-state index is 7.01. The van der Waals surface area contributed by atoms with E-state index in [1.165, 1.54) is 0 Å². The van der Waals surface area contributed by atoms with Crippen LogP contribution >= 0.6 is 11.8 Å². The summed E-state index contributed by atoms with van der Waals surface area (Å²) < 4.78 is 0. The van der Waals surface area contributed by atoms with Crippen molar-refractivity contribution < 1.29 is 0 Å². The zero-order valence-corrected chi connectivity index (χ0v) is 8.05. The molecule has 0 fully saturated rings. The summed E-state index contributed by atoms with van der Waals surface area (Å²) in [7, 11) is 0. The molecule has 1 rings (SSSR count). The fourth-order valence-electron chi connectivity index (χ4n) is 0.786. The molecule has 0 aliphatic carbocycles. The molecule has 0 saturated heterocycles. The van der Waals surface area contributed by atoms with Crippen LogP contribution in [0, 0.1) is 5.41 Å². The van der Waals surface area contributed by atoms with Crippen LogP contribution in [-0.4, -0.2) is 21.6 Å². The zero-order chi connectivity index (χ0) is 9.52. The van der Waals surface area contributed by atoms with Crippen LogP contribution in [0.25, 0.3) is 0 Å². The molecule has 5 heteroatoms. The molecule has 1 heterocycles. The van der Waals surface area contributed by atoms with E-state index in [1.807, 2.05) is 0 Å². The minimum Gasteiger partial charge on any atom is -0.388 e. The van der Waals surface area contributed by atoms with E-state index in [0.717, 1.165) is 17.3 Å². The van der Waals surface area contributed by atoms with Crippen molar-refractivity contribution in [3.05, 3.63) is 18.5 Å². The van der Waals surface area contributed by atoms with E-state index in [1.54, 1.807) is 30.2 Å². The third-order valence-corrected chi connectivity index (χ3v) is 2.33. The maximum Gasteiger partial charge on any atom is 0.187 e. The number of nitrogens with two attached hydrogens (primary N) is 1. The first-order chi connectivity index (χ1) is 6.29. The highest BCUT2D eigenvalue weighted by atomic mass is 32.2. The van der Waals surface area contributed by atoms with Gasteiger partial charge in [0.05, 0.1) is 5.84 Å². The molecule has 0 aliphatic heterocycles. The van der Waals surface area contributed by atoms with E-state index in [9.17, 15) is 0 Å².